The number of benzene rings is 2. The molecule has 0 aliphatic carbocycles. The minimum atomic E-state index is -1.03. The lowest BCUT2D eigenvalue weighted by Crippen LogP contribution is -2.45. The molecule has 1 spiro atoms. The van der Waals surface area contributed by atoms with Crippen LogP contribution in [0.3, 0.4) is 0 Å². The van der Waals surface area contributed by atoms with Crippen LogP contribution in [0.2, 0.25) is 0 Å². The second-order valence-corrected chi connectivity index (χ2v) is 7.55. The minimum absolute atomic E-state index is 0.0820. The third-order valence-corrected chi connectivity index (χ3v) is 6.11. The van der Waals surface area contributed by atoms with E-state index in [0.29, 0.717) is 5.82 Å². The van der Waals surface area contributed by atoms with E-state index in [2.05, 4.69) is 10.4 Å². The Hall–Kier alpha value is -3.41. The summed E-state index contributed by atoms with van der Waals surface area (Å²) in [5.41, 5.74) is 4.53. The molecule has 2 amide bonds. The van der Waals surface area contributed by atoms with Gasteiger partial charge in [0.15, 0.2) is 0 Å². The first-order valence-corrected chi connectivity index (χ1v) is 9.28. The number of anilines is 2. The van der Waals surface area contributed by atoms with Crippen molar-refractivity contribution in [3.63, 3.8) is 0 Å². The van der Waals surface area contributed by atoms with E-state index in [1.165, 1.54) is 0 Å². The lowest BCUT2D eigenvalue weighted by Gasteiger charge is -2.32. The average Bonchev–Trinajstić information content (AvgIpc) is 3.19. The Morgan fingerprint density at radius 2 is 1.75 bits per heavy atom. The molecule has 1 atom stereocenters. The molecule has 2 aliphatic rings. The van der Waals surface area contributed by atoms with Crippen LogP contribution in [0.5, 0.6) is 0 Å². The number of para-hydroxylation sites is 1. The molecule has 140 valence electrons. The Kier molecular flexibility index (Phi) is 3.32. The smallest absolute Gasteiger partial charge is 0.242 e. The van der Waals surface area contributed by atoms with Crippen molar-refractivity contribution in [2.24, 2.45) is 0 Å². The van der Waals surface area contributed by atoms with Gasteiger partial charge in [-0.3, -0.25) is 9.59 Å². The molecule has 6 nitrogen and oxygen atoms in total. The number of nitrogens with zero attached hydrogens (tertiary/aromatic N) is 3. The molecule has 2 aromatic carbocycles. The van der Waals surface area contributed by atoms with Crippen molar-refractivity contribution in [1.82, 2.24) is 9.78 Å². The Labute approximate surface area is 162 Å². The zero-order valence-electron chi connectivity index (χ0n) is 16.0. The average molecular weight is 372 g/mol. The summed E-state index contributed by atoms with van der Waals surface area (Å²) in [7, 11) is 1.76. The largest absolute Gasteiger partial charge is 0.314 e. The number of aryl methyl sites for hydroxylation is 1. The Bertz CT molecular complexity index is 1160. The van der Waals surface area contributed by atoms with Crippen molar-refractivity contribution in [1.29, 1.82) is 0 Å². The van der Waals surface area contributed by atoms with E-state index >= 15 is 0 Å². The number of fused-ring (bicyclic) bond motifs is 4. The van der Waals surface area contributed by atoms with Crippen LogP contribution in [0.4, 0.5) is 11.5 Å². The molecule has 0 bridgehead atoms. The summed E-state index contributed by atoms with van der Waals surface area (Å²) in [5, 5.41) is 7.55. The second-order valence-electron chi connectivity index (χ2n) is 7.55. The molecule has 0 saturated carbocycles. The molecule has 3 aromatic rings. The molecule has 0 fully saturated rings. The third-order valence-electron chi connectivity index (χ3n) is 6.11. The van der Waals surface area contributed by atoms with Crippen LogP contribution < -0.4 is 10.2 Å². The first-order chi connectivity index (χ1) is 13.4. The predicted octanol–water partition coefficient (Wildman–Crippen LogP) is 3.09. The molecule has 1 aromatic heterocycles. The molecule has 0 unspecified atom stereocenters. The van der Waals surface area contributed by atoms with E-state index in [4.69, 9.17) is 0 Å². The SMILES string of the molecule is Cc1cccc(-n2ncc3c2NC(=O)C[C@@]32C(=O)N(C)c3ccccc32)c1C. The van der Waals surface area contributed by atoms with Gasteiger partial charge in [0.25, 0.3) is 0 Å². The molecule has 0 saturated heterocycles. The van der Waals surface area contributed by atoms with Gasteiger partial charge in [0, 0.05) is 24.7 Å². The standard InChI is InChI=1S/C22H20N4O2/c1-13-7-6-10-17(14(13)2)26-20-16(12-23-26)22(11-19(27)24-20)15-8-4-5-9-18(15)25(3)21(22)28/h4-10,12H,11H2,1-3H3,(H,24,27)/t22-/m0/s1. The quantitative estimate of drug-likeness (QED) is 0.714. The summed E-state index contributed by atoms with van der Waals surface area (Å²) in [5.74, 6) is 0.298. The van der Waals surface area contributed by atoms with E-state index < -0.39 is 5.41 Å². The lowest BCUT2D eigenvalue weighted by atomic mass is 9.72. The van der Waals surface area contributed by atoms with Gasteiger partial charge in [0.1, 0.15) is 11.2 Å². The van der Waals surface area contributed by atoms with Crippen LogP contribution in [0.15, 0.2) is 48.7 Å². The van der Waals surface area contributed by atoms with Crippen LogP contribution >= 0.6 is 0 Å². The lowest BCUT2D eigenvalue weighted by molar-refractivity contribution is -0.126. The topological polar surface area (TPSA) is 67.2 Å². The fourth-order valence-corrected chi connectivity index (χ4v) is 4.51. The first-order valence-electron chi connectivity index (χ1n) is 9.28. The van der Waals surface area contributed by atoms with Gasteiger partial charge < -0.3 is 10.2 Å². The summed E-state index contributed by atoms with van der Waals surface area (Å²) in [6, 6.07) is 13.7. The third kappa shape index (κ3) is 1.94. The number of likely N-dealkylation sites (N-methyl/N-ethyl adjacent to an activating group) is 1. The number of aromatic nitrogens is 2. The van der Waals surface area contributed by atoms with Gasteiger partial charge in [0.2, 0.25) is 11.8 Å². The monoisotopic (exact) mass is 372 g/mol. The van der Waals surface area contributed by atoms with Gasteiger partial charge in [0.05, 0.1) is 11.9 Å². The van der Waals surface area contributed by atoms with Crippen LogP contribution in [-0.4, -0.2) is 28.6 Å². The number of amides is 2. The number of carbonyl (C=O) groups excluding carboxylic acids is 2. The van der Waals surface area contributed by atoms with Crippen molar-refractivity contribution >= 4 is 23.3 Å². The van der Waals surface area contributed by atoms with Crippen LogP contribution in [-0.2, 0) is 15.0 Å². The van der Waals surface area contributed by atoms with Crippen LogP contribution in [0.1, 0.15) is 28.7 Å². The van der Waals surface area contributed by atoms with Gasteiger partial charge in [-0.1, -0.05) is 30.3 Å². The summed E-state index contributed by atoms with van der Waals surface area (Å²) in [6.07, 6.45) is 1.81. The maximum Gasteiger partial charge on any atom is 0.242 e. The fourth-order valence-electron chi connectivity index (χ4n) is 4.51. The highest BCUT2D eigenvalue weighted by molar-refractivity contribution is 6.15. The molecule has 1 N–H and O–H groups in total. The maximum absolute atomic E-state index is 13.4. The molecule has 3 heterocycles. The highest BCUT2D eigenvalue weighted by Gasteiger charge is 2.56. The van der Waals surface area contributed by atoms with Gasteiger partial charge in [-0.05, 0) is 42.7 Å². The van der Waals surface area contributed by atoms with Crippen molar-refractivity contribution < 1.29 is 9.59 Å². The number of rotatable bonds is 1. The van der Waals surface area contributed by atoms with Crippen molar-refractivity contribution in [3.05, 3.63) is 70.9 Å². The molecule has 0 radical (unpaired) electrons. The Morgan fingerprint density at radius 1 is 1.00 bits per heavy atom. The van der Waals surface area contributed by atoms with Crippen LogP contribution in [0, 0.1) is 13.8 Å². The maximum atomic E-state index is 13.4. The predicted molar refractivity (Wildman–Crippen MR) is 107 cm³/mol. The van der Waals surface area contributed by atoms with E-state index in [1.807, 2.05) is 56.3 Å². The molecule has 6 heteroatoms. The molecular formula is C22H20N4O2. The number of hydrogen-bond acceptors (Lipinski definition) is 3. The zero-order chi connectivity index (χ0) is 19.6. The summed E-state index contributed by atoms with van der Waals surface area (Å²) in [6.45, 7) is 4.07. The van der Waals surface area contributed by atoms with Gasteiger partial charge in [-0.2, -0.15) is 5.10 Å². The van der Waals surface area contributed by atoms with Crippen molar-refractivity contribution in [3.8, 4) is 5.69 Å². The molecular weight excluding hydrogens is 352 g/mol. The number of hydrogen-bond donors (Lipinski definition) is 1. The van der Waals surface area contributed by atoms with Gasteiger partial charge in [-0.15, -0.1) is 0 Å². The van der Waals surface area contributed by atoms with E-state index in [9.17, 15) is 9.59 Å². The number of nitrogens with one attached hydrogen (secondary N) is 1. The summed E-state index contributed by atoms with van der Waals surface area (Å²) >= 11 is 0. The highest BCUT2D eigenvalue weighted by Crippen LogP contribution is 2.51. The second kappa shape index (κ2) is 5.55. The van der Waals surface area contributed by atoms with E-state index in [1.54, 1.807) is 22.8 Å². The highest BCUT2D eigenvalue weighted by atomic mass is 16.2. The summed E-state index contributed by atoms with van der Waals surface area (Å²) < 4.78 is 1.74. The van der Waals surface area contributed by atoms with E-state index in [0.717, 1.165) is 33.6 Å². The Morgan fingerprint density at radius 3 is 2.57 bits per heavy atom. The van der Waals surface area contributed by atoms with Gasteiger partial charge in [-0.25, -0.2) is 4.68 Å². The van der Waals surface area contributed by atoms with Crippen LogP contribution in [0.25, 0.3) is 5.69 Å². The minimum Gasteiger partial charge on any atom is -0.314 e. The van der Waals surface area contributed by atoms with Gasteiger partial charge >= 0.3 is 0 Å². The first kappa shape index (κ1) is 16.7. The van der Waals surface area contributed by atoms with E-state index in [-0.39, 0.29) is 18.2 Å². The van der Waals surface area contributed by atoms with Crippen molar-refractivity contribution in [2.45, 2.75) is 25.7 Å². The zero-order valence-corrected chi connectivity index (χ0v) is 16.0. The number of carbonyl (C=O) groups is 2. The fraction of sp³-hybridized carbons (Fsp3) is 0.227. The molecule has 5 rings (SSSR count). The molecule has 2 aliphatic heterocycles. The van der Waals surface area contributed by atoms with Crippen molar-refractivity contribution in [2.75, 3.05) is 17.3 Å². The summed E-state index contributed by atoms with van der Waals surface area (Å²) in [4.78, 5) is 27.8. The molecule has 28 heavy (non-hydrogen) atoms. The normalized spacial score (nSPS) is 20.3. The Balaban J connectivity index is 1.80.